The fourth-order valence-electron chi connectivity index (χ4n) is 7.40. The van der Waals surface area contributed by atoms with Crippen LogP contribution < -0.4 is 20.5 Å². The summed E-state index contributed by atoms with van der Waals surface area (Å²) in [4.78, 5) is 52.2. The average molecular weight is 890 g/mol. The number of hydrogen-bond acceptors (Lipinski definition) is 15. The fraction of sp³-hybridized carbons (Fsp3) is 0.239. The minimum absolute atomic E-state index is 0.150. The van der Waals surface area contributed by atoms with Crippen molar-refractivity contribution in [1.29, 1.82) is 0 Å². The van der Waals surface area contributed by atoms with Gasteiger partial charge in [0.15, 0.2) is 6.23 Å². The first-order valence-corrected chi connectivity index (χ1v) is 20.0. The fourth-order valence-corrected chi connectivity index (χ4v) is 7.40. The molecule has 0 saturated carbocycles. The maximum Gasteiger partial charge on any atom is 0.413 e. The molecule has 1 saturated heterocycles. The van der Waals surface area contributed by atoms with Gasteiger partial charge in [-0.1, -0.05) is 78.9 Å². The van der Waals surface area contributed by atoms with E-state index in [-0.39, 0.29) is 41.5 Å². The molecule has 0 unspecified atom stereocenters. The topological polar surface area (TPSA) is 235 Å². The van der Waals surface area contributed by atoms with Gasteiger partial charge in [-0.2, -0.15) is 4.98 Å². The molecule has 19 heteroatoms. The summed E-state index contributed by atoms with van der Waals surface area (Å²) >= 11 is 0. The van der Waals surface area contributed by atoms with Gasteiger partial charge in [-0.25, -0.2) is 9.59 Å². The molecular weight excluding hydrogens is 847 g/mol. The average Bonchev–Trinajstić information content (AvgIpc) is 3.64. The predicted molar refractivity (Wildman–Crippen MR) is 231 cm³/mol. The Kier molecular flexibility index (Phi) is 14.5. The molecule has 2 heterocycles. The smallest absolute Gasteiger partial charge is 0.413 e. The highest BCUT2D eigenvalue weighted by Crippen LogP contribution is 2.43. The SMILES string of the molecule is COc1ccc(C(OC[C@H]2O[C@@H](n3ccc(NC(=O)OCc4ccccc4[N+](=O)[O-])nc3=O)[C@H](OCOCc3ccccc3[N+](=O)[O-])[C@@H]2O)(c2ccccc2)c2ccc(OC)cc2)cc1. The summed E-state index contributed by atoms with van der Waals surface area (Å²) in [7, 11) is 3.12. The lowest BCUT2D eigenvalue weighted by Crippen LogP contribution is -2.41. The molecule has 0 radical (unpaired) electrons. The third-order valence-corrected chi connectivity index (χ3v) is 10.6. The minimum Gasteiger partial charge on any atom is -0.497 e. The van der Waals surface area contributed by atoms with Gasteiger partial charge in [-0.3, -0.25) is 30.1 Å². The normalized spacial score (nSPS) is 17.0. The summed E-state index contributed by atoms with van der Waals surface area (Å²) in [5.74, 6) is 1.01. The third kappa shape index (κ3) is 10.3. The molecule has 5 aromatic carbocycles. The number of rotatable bonds is 19. The molecule has 0 spiro atoms. The Balaban J connectivity index is 1.16. The van der Waals surface area contributed by atoms with Crippen molar-refractivity contribution in [3.63, 3.8) is 0 Å². The zero-order valence-electron chi connectivity index (χ0n) is 35.0. The second kappa shape index (κ2) is 20.8. The van der Waals surface area contributed by atoms with Gasteiger partial charge < -0.3 is 38.3 Å². The molecule has 19 nitrogen and oxygen atoms in total. The van der Waals surface area contributed by atoms with Crippen LogP contribution in [0, 0.1) is 20.2 Å². The molecule has 1 aliphatic rings. The number of aliphatic hydroxyl groups excluding tert-OH is 1. The molecular formula is C46H43N5O14. The number of benzene rings is 5. The maximum atomic E-state index is 13.7. The van der Waals surface area contributed by atoms with E-state index >= 15 is 0 Å². The number of carbonyl (C=O) groups is 1. The van der Waals surface area contributed by atoms with Gasteiger partial charge in [0.25, 0.3) is 11.4 Å². The maximum absolute atomic E-state index is 13.7. The number of ether oxygens (including phenoxy) is 7. The Hall–Kier alpha value is -7.55. The van der Waals surface area contributed by atoms with E-state index in [0.717, 1.165) is 10.1 Å². The highest BCUT2D eigenvalue weighted by atomic mass is 16.7. The quantitative estimate of drug-likeness (QED) is 0.0285. The first kappa shape index (κ1) is 45.5. The van der Waals surface area contributed by atoms with E-state index in [0.29, 0.717) is 22.6 Å². The molecule has 336 valence electrons. The summed E-state index contributed by atoms with van der Waals surface area (Å²) in [5, 5.41) is 37.3. The molecule has 4 atom stereocenters. The van der Waals surface area contributed by atoms with E-state index in [1.54, 1.807) is 50.6 Å². The van der Waals surface area contributed by atoms with Gasteiger partial charge in [0.2, 0.25) is 0 Å². The van der Waals surface area contributed by atoms with E-state index in [4.69, 9.17) is 33.2 Å². The summed E-state index contributed by atoms with van der Waals surface area (Å²) in [6.45, 7) is -1.40. The van der Waals surface area contributed by atoms with E-state index in [2.05, 4.69) is 10.3 Å². The summed E-state index contributed by atoms with van der Waals surface area (Å²) < 4.78 is 42.3. The van der Waals surface area contributed by atoms with Crippen molar-refractivity contribution in [2.75, 3.05) is 32.9 Å². The highest BCUT2D eigenvalue weighted by Gasteiger charge is 2.48. The third-order valence-electron chi connectivity index (χ3n) is 10.6. The van der Waals surface area contributed by atoms with Crippen LogP contribution in [0.2, 0.25) is 0 Å². The van der Waals surface area contributed by atoms with E-state index in [1.165, 1.54) is 48.7 Å². The monoisotopic (exact) mass is 889 g/mol. The molecule has 2 N–H and O–H groups in total. The van der Waals surface area contributed by atoms with Gasteiger partial charge >= 0.3 is 11.8 Å². The zero-order chi connectivity index (χ0) is 45.9. The number of nitro groups is 2. The Morgan fingerprint density at radius 3 is 1.86 bits per heavy atom. The van der Waals surface area contributed by atoms with Crippen molar-refractivity contribution in [3.8, 4) is 11.5 Å². The van der Waals surface area contributed by atoms with Crippen LogP contribution in [-0.4, -0.2) is 76.5 Å². The molecule has 65 heavy (non-hydrogen) atoms. The van der Waals surface area contributed by atoms with Crippen molar-refractivity contribution in [2.45, 2.75) is 43.4 Å². The van der Waals surface area contributed by atoms with Gasteiger partial charge in [-0.15, -0.1) is 0 Å². The van der Waals surface area contributed by atoms with Gasteiger partial charge in [0, 0.05) is 18.3 Å². The number of nitrogens with one attached hydrogen (secondary N) is 1. The molecule has 0 aliphatic carbocycles. The van der Waals surface area contributed by atoms with Crippen molar-refractivity contribution in [1.82, 2.24) is 9.55 Å². The lowest BCUT2D eigenvalue weighted by Gasteiger charge is -2.37. The van der Waals surface area contributed by atoms with Crippen LogP contribution >= 0.6 is 0 Å². The van der Waals surface area contributed by atoms with Crippen molar-refractivity contribution < 1.29 is 52.9 Å². The zero-order valence-corrected chi connectivity index (χ0v) is 35.0. The first-order valence-electron chi connectivity index (χ1n) is 20.0. The lowest BCUT2D eigenvalue weighted by atomic mass is 9.80. The van der Waals surface area contributed by atoms with Crippen LogP contribution in [0.1, 0.15) is 34.0 Å². The Morgan fingerprint density at radius 2 is 1.31 bits per heavy atom. The van der Waals surface area contributed by atoms with Crippen LogP contribution in [0.25, 0.3) is 0 Å². The molecule has 1 aromatic heterocycles. The van der Waals surface area contributed by atoms with Crippen LogP contribution in [-0.2, 0) is 42.5 Å². The second-order valence-electron chi connectivity index (χ2n) is 14.4. The lowest BCUT2D eigenvalue weighted by molar-refractivity contribution is -0.386. The Bertz CT molecular complexity index is 2600. The number of hydrogen-bond donors (Lipinski definition) is 2. The largest absolute Gasteiger partial charge is 0.497 e. The number of methoxy groups -OCH3 is 2. The number of anilines is 1. The number of aromatic nitrogens is 2. The predicted octanol–water partition coefficient (Wildman–Crippen LogP) is 6.65. The number of para-hydroxylation sites is 2. The van der Waals surface area contributed by atoms with Crippen molar-refractivity contribution in [3.05, 3.63) is 198 Å². The molecule has 1 fully saturated rings. The standard InChI is InChI=1S/C46H43N5O14/c1-59-35-20-16-33(17-21-35)46(32-12-4-3-5-13-32,34-18-22-36(60-2)23-19-34)64-28-39-41(52)42(63-29-61-26-30-10-6-8-14-37(30)50(55)56)43(65-39)49-25-24-40(47-44(49)53)48-45(54)62-27-31-11-7-9-15-38(31)51(57)58/h3-25,39,41-43,52H,26-29H2,1-2H3,(H,47,48,53,54)/t39-,41-,42-,43-/m1/s1. The molecule has 0 bridgehead atoms. The molecule has 1 amide bonds. The molecule has 1 aliphatic heterocycles. The second-order valence-corrected chi connectivity index (χ2v) is 14.4. The van der Waals surface area contributed by atoms with E-state index < -0.39 is 65.2 Å². The molecule has 7 rings (SSSR count). The number of aliphatic hydroxyl groups is 1. The molecule has 6 aromatic rings. The number of amides is 1. The summed E-state index contributed by atoms with van der Waals surface area (Å²) in [5.41, 5.74) is -0.0418. The number of nitro benzene ring substituents is 2. The Morgan fingerprint density at radius 1 is 0.769 bits per heavy atom. The van der Waals surface area contributed by atoms with Crippen LogP contribution in [0.3, 0.4) is 0 Å². The van der Waals surface area contributed by atoms with Gasteiger partial charge in [0.1, 0.15) is 54.6 Å². The van der Waals surface area contributed by atoms with E-state index in [9.17, 15) is 34.9 Å². The minimum atomic E-state index is -1.46. The van der Waals surface area contributed by atoms with Gasteiger partial charge in [0.05, 0.1) is 48.4 Å². The van der Waals surface area contributed by atoms with E-state index in [1.807, 2.05) is 54.6 Å². The van der Waals surface area contributed by atoms with Crippen LogP contribution in [0.4, 0.5) is 22.0 Å². The number of carbonyl (C=O) groups excluding carboxylic acids is 1. The first-order chi connectivity index (χ1) is 31.5. The summed E-state index contributed by atoms with van der Waals surface area (Å²) in [6.07, 6.45) is -5.03. The summed E-state index contributed by atoms with van der Waals surface area (Å²) in [6, 6.07) is 37.2. The van der Waals surface area contributed by atoms with Crippen LogP contribution in [0.5, 0.6) is 11.5 Å². The van der Waals surface area contributed by atoms with Crippen LogP contribution in [0.15, 0.2) is 144 Å². The Labute approximate surface area is 371 Å². The van der Waals surface area contributed by atoms with Gasteiger partial charge in [-0.05, 0) is 59.2 Å². The number of nitrogens with zero attached hydrogens (tertiary/aromatic N) is 4. The van der Waals surface area contributed by atoms with Crippen molar-refractivity contribution in [2.24, 2.45) is 0 Å². The van der Waals surface area contributed by atoms with Crippen molar-refractivity contribution >= 4 is 23.3 Å². The highest BCUT2D eigenvalue weighted by molar-refractivity contribution is 5.83.